The maximum atomic E-state index is 12.5. The van der Waals surface area contributed by atoms with Gasteiger partial charge in [-0.15, -0.1) is 0 Å². The van der Waals surface area contributed by atoms with Crippen molar-refractivity contribution in [2.45, 2.75) is 18.2 Å². The Kier molecular flexibility index (Phi) is 4.38. The molecule has 0 aliphatic carbocycles. The van der Waals surface area contributed by atoms with Crippen LogP contribution in [-0.2, 0) is 6.18 Å². The van der Waals surface area contributed by atoms with E-state index in [0.717, 1.165) is 12.1 Å². The number of alkyl halides is 3. The van der Waals surface area contributed by atoms with Gasteiger partial charge >= 0.3 is 12.2 Å². The number of nitrogens with one attached hydrogen (secondary N) is 3. The number of carbonyl (C=O) groups is 1. The van der Waals surface area contributed by atoms with Gasteiger partial charge in [0.15, 0.2) is 0 Å². The number of amides is 2. The molecule has 1 fully saturated rings. The molecule has 4 N–H and O–H groups in total. The highest BCUT2D eigenvalue weighted by Crippen LogP contribution is 2.30. The summed E-state index contributed by atoms with van der Waals surface area (Å²) in [5.41, 5.74) is -1.80. The normalized spacial score (nSPS) is 22.1. The number of hydrogen-bond acceptors (Lipinski definition) is 3. The van der Waals surface area contributed by atoms with Gasteiger partial charge in [0.2, 0.25) is 0 Å². The third-order valence-corrected chi connectivity index (χ3v) is 3.25. The van der Waals surface area contributed by atoms with E-state index in [0.29, 0.717) is 19.5 Å². The third kappa shape index (κ3) is 4.33. The highest BCUT2D eigenvalue weighted by Gasteiger charge is 2.32. The Hall–Kier alpha value is -1.80. The van der Waals surface area contributed by atoms with Crippen LogP contribution in [0.25, 0.3) is 0 Å². The fraction of sp³-hybridized carbons (Fsp3) is 0.462. The van der Waals surface area contributed by atoms with Crippen molar-refractivity contribution in [3.05, 3.63) is 29.8 Å². The molecule has 0 spiro atoms. The summed E-state index contributed by atoms with van der Waals surface area (Å²) in [4.78, 5) is 11.6. The lowest BCUT2D eigenvalue weighted by Crippen LogP contribution is -2.45. The van der Waals surface area contributed by atoms with Crippen molar-refractivity contribution in [3.8, 4) is 0 Å². The van der Waals surface area contributed by atoms with Crippen LogP contribution in [0.2, 0.25) is 0 Å². The summed E-state index contributed by atoms with van der Waals surface area (Å²) in [6, 6.07) is 3.70. The van der Waals surface area contributed by atoms with E-state index in [1.807, 2.05) is 0 Å². The van der Waals surface area contributed by atoms with Crippen LogP contribution >= 0.6 is 0 Å². The topological polar surface area (TPSA) is 73.4 Å². The van der Waals surface area contributed by atoms with Gasteiger partial charge < -0.3 is 21.1 Å². The number of benzene rings is 1. The maximum Gasteiger partial charge on any atom is 0.416 e. The van der Waals surface area contributed by atoms with Gasteiger partial charge in [0.1, 0.15) is 0 Å². The van der Waals surface area contributed by atoms with Crippen molar-refractivity contribution in [1.29, 1.82) is 0 Å². The summed E-state index contributed by atoms with van der Waals surface area (Å²) in [7, 11) is 0. The number of aliphatic hydroxyl groups is 1. The lowest BCUT2D eigenvalue weighted by atomic mass is 10.0. The molecular formula is C13H16F3N3O2. The van der Waals surface area contributed by atoms with Crippen LogP contribution in [0.1, 0.15) is 12.0 Å². The van der Waals surface area contributed by atoms with E-state index in [1.54, 1.807) is 0 Å². The molecule has 0 aromatic heterocycles. The van der Waals surface area contributed by atoms with Gasteiger partial charge in [0, 0.05) is 18.8 Å². The van der Waals surface area contributed by atoms with Crippen molar-refractivity contribution in [3.63, 3.8) is 0 Å². The smallest absolute Gasteiger partial charge is 0.387 e. The summed E-state index contributed by atoms with van der Waals surface area (Å²) < 4.78 is 37.6. The minimum absolute atomic E-state index is 0.0325. The van der Waals surface area contributed by atoms with Crippen molar-refractivity contribution >= 4 is 11.7 Å². The van der Waals surface area contributed by atoms with E-state index in [1.165, 1.54) is 12.1 Å². The zero-order valence-corrected chi connectivity index (χ0v) is 11.1. The standard InChI is InChI=1S/C13H16F3N3O2/c14-13(15,16)9-2-1-3-10(6-9)19-11(20)18-8-12(21)4-5-17-7-12/h1-3,6,17,21H,4-5,7-8H2,(H2,18,19,20). The molecule has 1 heterocycles. The lowest BCUT2D eigenvalue weighted by Gasteiger charge is -2.21. The fourth-order valence-electron chi connectivity index (χ4n) is 2.07. The van der Waals surface area contributed by atoms with E-state index in [2.05, 4.69) is 16.0 Å². The Bertz CT molecular complexity index is 514. The average molecular weight is 303 g/mol. The number of urea groups is 1. The first-order valence-electron chi connectivity index (χ1n) is 6.44. The number of anilines is 1. The molecule has 5 nitrogen and oxygen atoms in total. The van der Waals surface area contributed by atoms with Crippen molar-refractivity contribution in [2.75, 3.05) is 25.0 Å². The van der Waals surface area contributed by atoms with Gasteiger partial charge in [-0.05, 0) is 31.2 Å². The minimum atomic E-state index is -4.46. The van der Waals surface area contributed by atoms with Crippen molar-refractivity contribution in [1.82, 2.24) is 10.6 Å². The summed E-state index contributed by atoms with van der Waals surface area (Å²) in [6.45, 7) is 1.06. The van der Waals surface area contributed by atoms with E-state index in [4.69, 9.17) is 0 Å². The fourth-order valence-corrected chi connectivity index (χ4v) is 2.07. The number of rotatable bonds is 3. The first kappa shape index (κ1) is 15.6. The zero-order chi connectivity index (χ0) is 15.5. The third-order valence-electron chi connectivity index (χ3n) is 3.25. The highest BCUT2D eigenvalue weighted by molar-refractivity contribution is 5.89. The molecule has 1 aliphatic heterocycles. The largest absolute Gasteiger partial charge is 0.416 e. The molecule has 1 aliphatic rings. The number of hydrogen-bond donors (Lipinski definition) is 4. The van der Waals surface area contributed by atoms with E-state index < -0.39 is 23.4 Å². The second-order valence-corrected chi connectivity index (χ2v) is 5.04. The summed E-state index contributed by atoms with van der Waals surface area (Å²) in [5.74, 6) is 0. The molecule has 2 amide bonds. The van der Waals surface area contributed by atoms with Crippen molar-refractivity contribution < 1.29 is 23.1 Å². The molecule has 1 aromatic carbocycles. The Balaban J connectivity index is 1.91. The molecule has 2 rings (SSSR count). The van der Waals surface area contributed by atoms with E-state index in [9.17, 15) is 23.1 Å². The molecule has 8 heteroatoms. The van der Waals surface area contributed by atoms with Crippen LogP contribution in [0.4, 0.5) is 23.7 Å². The lowest BCUT2D eigenvalue weighted by molar-refractivity contribution is -0.137. The van der Waals surface area contributed by atoms with Crippen LogP contribution in [-0.4, -0.2) is 36.4 Å². The number of β-amino-alcohol motifs (C(OH)–C–C–N with tert-alkyl or cyclic N) is 1. The summed E-state index contributed by atoms with van der Waals surface area (Å²) in [6.07, 6.45) is -3.95. The zero-order valence-electron chi connectivity index (χ0n) is 11.1. The second-order valence-electron chi connectivity index (χ2n) is 5.04. The Morgan fingerprint density at radius 1 is 1.43 bits per heavy atom. The predicted molar refractivity (Wildman–Crippen MR) is 70.9 cm³/mol. The quantitative estimate of drug-likeness (QED) is 0.684. The second kappa shape index (κ2) is 5.90. The molecule has 0 saturated carbocycles. The van der Waals surface area contributed by atoms with Gasteiger partial charge in [0.25, 0.3) is 0 Å². The summed E-state index contributed by atoms with van der Waals surface area (Å²) >= 11 is 0. The van der Waals surface area contributed by atoms with Gasteiger partial charge in [-0.2, -0.15) is 13.2 Å². The minimum Gasteiger partial charge on any atom is -0.387 e. The summed E-state index contributed by atoms with van der Waals surface area (Å²) in [5, 5.41) is 17.7. The van der Waals surface area contributed by atoms with Gasteiger partial charge in [-0.25, -0.2) is 4.79 Å². The Labute approximate surface area is 119 Å². The van der Waals surface area contributed by atoms with Crippen LogP contribution in [0.3, 0.4) is 0 Å². The van der Waals surface area contributed by atoms with Gasteiger partial charge in [-0.1, -0.05) is 6.07 Å². The SMILES string of the molecule is O=C(NCC1(O)CCNC1)Nc1cccc(C(F)(F)F)c1. The van der Waals surface area contributed by atoms with Crippen LogP contribution in [0.15, 0.2) is 24.3 Å². The number of carbonyl (C=O) groups excluding carboxylic acids is 1. The van der Waals surface area contributed by atoms with Gasteiger partial charge in [-0.3, -0.25) is 0 Å². The monoisotopic (exact) mass is 303 g/mol. The molecule has 116 valence electrons. The maximum absolute atomic E-state index is 12.5. The van der Waals surface area contributed by atoms with E-state index >= 15 is 0 Å². The number of halogens is 3. The van der Waals surface area contributed by atoms with Crippen LogP contribution in [0, 0.1) is 0 Å². The molecular weight excluding hydrogens is 287 g/mol. The predicted octanol–water partition coefficient (Wildman–Crippen LogP) is 1.55. The van der Waals surface area contributed by atoms with Crippen molar-refractivity contribution in [2.24, 2.45) is 0 Å². The van der Waals surface area contributed by atoms with Gasteiger partial charge in [0.05, 0.1) is 11.2 Å². The molecule has 1 saturated heterocycles. The molecule has 0 bridgehead atoms. The Morgan fingerprint density at radius 2 is 2.19 bits per heavy atom. The molecule has 1 unspecified atom stereocenters. The average Bonchev–Trinajstić information content (AvgIpc) is 2.83. The molecule has 1 aromatic rings. The highest BCUT2D eigenvalue weighted by atomic mass is 19.4. The first-order valence-corrected chi connectivity index (χ1v) is 6.44. The molecule has 0 radical (unpaired) electrons. The molecule has 1 atom stereocenters. The first-order chi connectivity index (χ1) is 9.78. The Morgan fingerprint density at radius 3 is 2.81 bits per heavy atom. The molecule has 21 heavy (non-hydrogen) atoms. The van der Waals surface area contributed by atoms with E-state index in [-0.39, 0.29) is 12.2 Å². The van der Waals surface area contributed by atoms with Crippen LogP contribution < -0.4 is 16.0 Å². The van der Waals surface area contributed by atoms with Crippen LogP contribution in [0.5, 0.6) is 0 Å².